The minimum atomic E-state index is -0.729. The molecule has 0 spiro atoms. The van der Waals surface area contributed by atoms with Gasteiger partial charge in [-0.15, -0.1) is 0 Å². The van der Waals surface area contributed by atoms with Crippen LogP contribution in [-0.4, -0.2) is 31.2 Å². The van der Waals surface area contributed by atoms with Crippen molar-refractivity contribution in [2.75, 3.05) is 19.5 Å². The summed E-state index contributed by atoms with van der Waals surface area (Å²) in [5.41, 5.74) is 6.08. The maximum absolute atomic E-state index is 12.3. The summed E-state index contributed by atoms with van der Waals surface area (Å²) in [4.78, 5) is 12.3. The molecule has 0 radical (unpaired) electrons. The highest BCUT2D eigenvalue weighted by atomic mass is 16.5. The monoisotopic (exact) mass is 295 g/mol. The fourth-order valence-electron chi connectivity index (χ4n) is 1.94. The normalized spacial score (nSPS) is 12.9. The number of anilines is 1. The second-order valence-corrected chi connectivity index (χ2v) is 4.84. The van der Waals surface area contributed by atoms with E-state index in [9.17, 15) is 4.79 Å². The van der Waals surface area contributed by atoms with E-state index in [1.165, 1.54) is 14.2 Å². The average molecular weight is 295 g/mol. The topological polar surface area (TPSA) is 106 Å². The summed E-state index contributed by atoms with van der Waals surface area (Å²) in [6.07, 6.45) is 0. The van der Waals surface area contributed by atoms with Crippen LogP contribution in [0.15, 0.2) is 23.4 Å². The van der Waals surface area contributed by atoms with E-state index in [-0.39, 0.29) is 17.7 Å². The highest BCUT2D eigenvalue weighted by molar-refractivity contribution is 6.08. The average Bonchev–Trinajstić information content (AvgIpc) is 2.46. The Balaban J connectivity index is 3.01. The number of carbonyl (C=O) groups is 1. The molecular formula is C14H21N3O4. The summed E-state index contributed by atoms with van der Waals surface area (Å²) >= 11 is 0. The molecule has 7 nitrogen and oxygen atoms in total. The molecule has 1 unspecified atom stereocenters. The van der Waals surface area contributed by atoms with Crippen molar-refractivity contribution in [1.82, 2.24) is 0 Å². The molecule has 1 rings (SSSR count). The van der Waals surface area contributed by atoms with E-state index >= 15 is 0 Å². The van der Waals surface area contributed by atoms with Gasteiger partial charge in [-0.2, -0.15) is 0 Å². The molecule has 1 atom stereocenters. The molecular weight excluding hydrogens is 274 g/mol. The van der Waals surface area contributed by atoms with Gasteiger partial charge in [0.05, 0.1) is 14.2 Å². The number of nitrogens with two attached hydrogens (primary N) is 1. The van der Waals surface area contributed by atoms with Crippen LogP contribution in [0, 0.1) is 11.8 Å². The van der Waals surface area contributed by atoms with Gasteiger partial charge in [-0.25, -0.2) is 0 Å². The largest absolute Gasteiger partial charge is 0.497 e. The summed E-state index contributed by atoms with van der Waals surface area (Å²) in [5, 5.41) is 14.4. The Morgan fingerprint density at radius 3 is 2.14 bits per heavy atom. The van der Waals surface area contributed by atoms with Crippen LogP contribution in [0.25, 0.3) is 0 Å². The van der Waals surface area contributed by atoms with Crippen LogP contribution in [0.3, 0.4) is 0 Å². The predicted octanol–water partition coefficient (Wildman–Crippen LogP) is 1.66. The lowest BCUT2D eigenvalue weighted by Crippen LogP contribution is -2.38. The minimum absolute atomic E-state index is 0.117. The van der Waals surface area contributed by atoms with Crippen molar-refractivity contribution < 1.29 is 19.5 Å². The van der Waals surface area contributed by atoms with Gasteiger partial charge in [0.25, 0.3) is 0 Å². The third-order valence-electron chi connectivity index (χ3n) is 3.00. The lowest BCUT2D eigenvalue weighted by molar-refractivity contribution is -0.119. The second kappa shape index (κ2) is 7.37. The number of oxime groups is 1. The fraction of sp³-hybridized carbons (Fsp3) is 0.429. The quantitative estimate of drug-likeness (QED) is 0.320. The molecule has 0 bridgehead atoms. The highest BCUT2D eigenvalue weighted by Crippen LogP contribution is 2.26. The van der Waals surface area contributed by atoms with Crippen molar-refractivity contribution in [2.24, 2.45) is 22.7 Å². The number of carbonyl (C=O) groups excluding carboxylic acids is 1. The molecule has 7 heteroatoms. The smallest absolute Gasteiger partial charge is 0.235 e. The van der Waals surface area contributed by atoms with Crippen molar-refractivity contribution in [3.8, 4) is 11.5 Å². The molecule has 0 fully saturated rings. The standard InChI is InChI=1S/C14H21N3O4/c1-8(2)12(13(15)17-19)14(18)16-9-5-10(20-3)7-11(6-9)21-4/h5-8,12,19H,1-4H3,(H2,15,17)(H,16,18). The van der Waals surface area contributed by atoms with E-state index < -0.39 is 5.92 Å². The number of benzene rings is 1. The first kappa shape index (κ1) is 16.6. The van der Waals surface area contributed by atoms with E-state index in [4.69, 9.17) is 20.4 Å². The number of nitrogens with one attached hydrogen (secondary N) is 1. The van der Waals surface area contributed by atoms with E-state index in [1.54, 1.807) is 18.2 Å². The van der Waals surface area contributed by atoms with Crippen molar-refractivity contribution >= 4 is 17.4 Å². The summed E-state index contributed by atoms with van der Waals surface area (Å²) in [5.74, 6) is -0.238. The molecule has 0 aliphatic rings. The van der Waals surface area contributed by atoms with Gasteiger partial charge >= 0.3 is 0 Å². The first-order valence-corrected chi connectivity index (χ1v) is 6.44. The molecule has 0 aromatic heterocycles. The first-order valence-electron chi connectivity index (χ1n) is 6.44. The zero-order valence-electron chi connectivity index (χ0n) is 12.6. The Labute approximate surface area is 123 Å². The molecule has 0 saturated heterocycles. The molecule has 0 aliphatic carbocycles. The minimum Gasteiger partial charge on any atom is -0.497 e. The summed E-state index contributed by atoms with van der Waals surface area (Å²) in [6.45, 7) is 3.63. The van der Waals surface area contributed by atoms with Crippen molar-refractivity contribution in [1.29, 1.82) is 0 Å². The second-order valence-electron chi connectivity index (χ2n) is 4.84. The lowest BCUT2D eigenvalue weighted by atomic mass is 9.94. The molecule has 1 aromatic rings. The SMILES string of the molecule is COc1cc(NC(=O)C(C(N)=NO)C(C)C)cc(OC)c1. The Bertz CT molecular complexity index is 507. The summed E-state index contributed by atoms with van der Waals surface area (Å²) in [7, 11) is 3.04. The van der Waals surface area contributed by atoms with Crippen molar-refractivity contribution in [2.45, 2.75) is 13.8 Å². The van der Waals surface area contributed by atoms with Crippen LogP contribution < -0.4 is 20.5 Å². The predicted molar refractivity (Wildman–Crippen MR) is 79.9 cm³/mol. The van der Waals surface area contributed by atoms with E-state index in [0.29, 0.717) is 17.2 Å². The summed E-state index contributed by atoms with van der Waals surface area (Å²) in [6, 6.07) is 5.01. The van der Waals surface area contributed by atoms with Crippen LogP contribution in [0.2, 0.25) is 0 Å². The van der Waals surface area contributed by atoms with E-state index in [0.717, 1.165) is 0 Å². The maximum Gasteiger partial charge on any atom is 0.235 e. The molecule has 1 amide bonds. The molecule has 0 aliphatic heterocycles. The lowest BCUT2D eigenvalue weighted by Gasteiger charge is -2.19. The third kappa shape index (κ3) is 4.27. The maximum atomic E-state index is 12.3. The number of amidine groups is 1. The van der Waals surface area contributed by atoms with E-state index in [1.807, 2.05) is 13.8 Å². The van der Waals surface area contributed by atoms with Gasteiger partial charge in [0.2, 0.25) is 5.91 Å². The number of hydrogen-bond donors (Lipinski definition) is 3. The molecule has 4 N–H and O–H groups in total. The Morgan fingerprint density at radius 1 is 1.24 bits per heavy atom. The highest BCUT2D eigenvalue weighted by Gasteiger charge is 2.27. The van der Waals surface area contributed by atoms with Crippen LogP contribution in [0.1, 0.15) is 13.8 Å². The van der Waals surface area contributed by atoms with Gasteiger partial charge in [0, 0.05) is 23.9 Å². The Morgan fingerprint density at radius 2 is 1.76 bits per heavy atom. The molecule has 116 valence electrons. The molecule has 0 heterocycles. The summed E-state index contributed by atoms with van der Waals surface area (Å²) < 4.78 is 10.3. The van der Waals surface area contributed by atoms with Crippen LogP contribution in [0.5, 0.6) is 11.5 Å². The zero-order chi connectivity index (χ0) is 16.0. The molecule has 21 heavy (non-hydrogen) atoms. The van der Waals surface area contributed by atoms with Crippen LogP contribution >= 0.6 is 0 Å². The van der Waals surface area contributed by atoms with Gasteiger partial charge in [0.15, 0.2) is 5.84 Å². The molecule has 1 aromatic carbocycles. The van der Waals surface area contributed by atoms with Gasteiger partial charge in [-0.05, 0) is 5.92 Å². The number of methoxy groups -OCH3 is 2. The van der Waals surface area contributed by atoms with Gasteiger partial charge < -0.3 is 25.7 Å². The van der Waals surface area contributed by atoms with Crippen molar-refractivity contribution in [3.63, 3.8) is 0 Å². The number of rotatable bonds is 6. The van der Waals surface area contributed by atoms with Crippen LogP contribution in [-0.2, 0) is 4.79 Å². The van der Waals surface area contributed by atoms with Gasteiger partial charge in [0.1, 0.15) is 17.4 Å². The fourth-order valence-corrected chi connectivity index (χ4v) is 1.94. The number of amides is 1. The van der Waals surface area contributed by atoms with Gasteiger partial charge in [-0.1, -0.05) is 19.0 Å². The molecule has 0 saturated carbocycles. The zero-order valence-corrected chi connectivity index (χ0v) is 12.6. The van der Waals surface area contributed by atoms with Crippen molar-refractivity contribution in [3.05, 3.63) is 18.2 Å². The Kier molecular flexibility index (Phi) is 5.83. The third-order valence-corrected chi connectivity index (χ3v) is 3.00. The Hall–Kier alpha value is -2.44. The number of nitrogens with zero attached hydrogens (tertiary/aromatic N) is 1. The van der Waals surface area contributed by atoms with Gasteiger partial charge in [-0.3, -0.25) is 4.79 Å². The number of ether oxygens (including phenoxy) is 2. The first-order chi connectivity index (χ1) is 9.92. The van der Waals surface area contributed by atoms with Crippen LogP contribution in [0.4, 0.5) is 5.69 Å². The number of hydrogen-bond acceptors (Lipinski definition) is 5. The van der Waals surface area contributed by atoms with E-state index in [2.05, 4.69) is 10.5 Å².